The Kier molecular flexibility index (Phi) is 38.2. The van der Waals surface area contributed by atoms with Crippen LogP contribution < -0.4 is 0 Å². The van der Waals surface area contributed by atoms with E-state index < -0.39 is 268 Å². The molecular weight excluding hydrogens is 1550 g/mol. The van der Waals surface area contributed by atoms with Gasteiger partial charge in [0.25, 0.3) is 81.4 Å². The number of hydrogen-bond acceptors (Lipinski definition) is 33. The first-order valence-electron chi connectivity index (χ1n) is 22.7. The standard InChI is InChI=1S/C10H86O33Si32/c1-30-65(31-2,32-3)10-9-63(5,6)40-69(43-68(54-20,35-46-12)64(7,8)29,74(41-66(44,33-4)51-17,70(55-21,56-22)36-47-13)71(57-23,58-24)37-48-14)75(72(59-25,60-26)38-49-15,73(61-27,62-28)39-50-16)42-67(52-18,53-19)34-45-11/h11-29H,9-10,45-62H2,1-8,44H3. The lowest BCUT2D eigenvalue weighted by molar-refractivity contribution is 0.125. The van der Waals surface area contributed by atoms with E-state index >= 15 is 0 Å². The summed E-state index contributed by atoms with van der Waals surface area (Å²) in [7, 11) is -86.1. The molecule has 0 spiro atoms. The Balaban J connectivity index is 12.7. The first-order valence-corrected chi connectivity index (χ1v) is 103. The van der Waals surface area contributed by atoms with E-state index in [-0.39, 0.29) is 21.8 Å². The van der Waals surface area contributed by atoms with E-state index in [1.807, 2.05) is 0 Å². The molecule has 3 atom stereocenters. The van der Waals surface area contributed by atoms with Crippen molar-refractivity contribution in [1.82, 2.24) is 0 Å². The fraction of sp³-hybridized carbons (Fsp3) is 1.00. The Morgan fingerprint density at radius 2 is 0.693 bits per heavy atom. The van der Waals surface area contributed by atoms with Gasteiger partial charge >= 0.3 is 31.6 Å². The average Bonchev–Trinajstić information content (AvgIpc) is 3.40. The predicted molar refractivity (Wildman–Crippen MR) is 353 cm³/mol. The van der Waals surface area contributed by atoms with Gasteiger partial charge in [-0.05, 0) is 32.2 Å². The highest BCUT2D eigenvalue weighted by atomic mass is 30.5. The molecule has 0 fully saturated rings. The SMILES string of the molecule is CO[Si](CC[Si](C)(C)O[Si](O[Si](O[SiH2]O)([SiH2]O)[Si](C)(C)O)([Si](O[Si]([SiH3])(OC)[SiH2]O)([Si](O[SiH2]O)([SiH2]O)[SiH2]O)[Si](O[SiH2]O)([SiH2]O)[SiH2]O)[Si](O[Si](O[SiH2]O)([SiH2]O)[SiH2]O)([Si](O[SiH2]O)([SiH2]O)[SiH2]O)[Si](O[SiH2]O)([SiH2]O)[SiH2]O)(OC)OC. The molecular formula is C10H86O33Si32. The molecule has 0 saturated heterocycles. The quantitative estimate of drug-likeness (QED) is 0.0252. The summed E-state index contributed by atoms with van der Waals surface area (Å²) >= 11 is 0. The zero-order valence-corrected chi connectivity index (χ0v) is 84.3. The minimum absolute atomic E-state index is 0.134. The van der Waals surface area contributed by atoms with Crippen molar-refractivity contribution >= 4 is 278 Å². The highest BCUT2D eigenvalue weighted by molar-refractivity contribution is 8.23. The van der Waals surface area contributed by atoms with Crippen LogP contribution in [0.2, 0.25) is 38.3 Å². The number of rotatable bonds is 46. The fourth-order valence-electron chi connectivity index (χ4n) is 8.93. The van der Waals surface area contributed by atoms with Crippen molar-refractivity contribution in [2.45, 2.75) is 38.3 Å². The molecule has 0 radical (unpaired) electrons. The molecule has 0 rings (SSSR count). The van der Waals surface area contributed by atoms with Crippen molar-refractivity contribution in [2.75, 3.05) is 28.4 Å². The molecule has 0 aliphatic carbocycles. The van der Waals surface area contributed by atoms with Crippen LogP contribution in [0.5, 0.6) is 0 Å². The van der Waals surface area contributed by atoms with Crippen molar-refractivity contribution in [3.8, 4) is 0 Å². The molecule has 19 N–H and O–H groups in total. The molecule has 75 heavy (non-hydrogen) atoms. The van der Waals surface area contributed by atoms with Crippen LogP contribution in [0.25, 0.3) is 0 Å². The van der Waals surface area contributed by atoms with Crippen molar-refractivity contribution in [1.29, 1.82) is 0 Å². The van der Waals surface area contributed by atoms with Gasteiger partial charge in [0, 0.05) is 34.5 Å². The second kappa shape index (κ2) is 35.6. The minimum atomic E-state index is -6.72. The largest absolute Gasteiger partial charge is 0.499 e. The van der Waals surface area contributed by atoms with Gasteiger partial charge in [-0.15, -0.1) is 0 Å². The summed E-state index contributed by atoms with van der Waals surface area (Å²) in [6, 6.07) is -0.328. The van der Waals surface area contributed by atoms with Gasteiger partial charge in [-0.2, -0.15) is 0 Å². The van der Waals surface area contributed by atoms with Crippen molar-refractivity contribution < 1.29 is 150 Å². The van der Waals surface area contributed by atoms with Crippen LogP contribution in [0.1, 0.15) is 0 Å². The molecule has 0 aromatic rings. The van der Waals surface area contributed by atoms with E-state index in [0.717, 1.165) is 7.11 Å². The highest BCUT2D eigenvalue weighted by Crippen LogP contribution is 2.53. The van der Waals surface area contributed by atoms with Crippen LogP contribution >= 0.6 is 0 Å². The van der Waals surface area contributed by atoms with Crippen LogP contribution in [0.4, 0.5) is 0 Å². The molecule has 3 unspecified atom stereocenters. The molecule has 0 aliphatic heterocycles. The van der Waals surface area contributed by atoms with Crippen LogP contribution in [-0.4, -0.2) is 397 Å². The van der Waals surface area contributed by atoms with Gasteiger partial charge in [0.15, 0.2) is 82.6 Å². The molecule has 0 heterocycles. The fourth-order valence-corrected chi connectivity index (χ4v) is 594. The van der Waals surface area contributed by atoms with Gasteiger partial charge in [-0.1, -0.05) is 0 Å². The summed E-state index contributed by atoms with van der Waals surface area (Å²) in [6.45, 7) is -28.6. The Bertz CT molecular complexity index is 1520. The van der Waals surface area contributed by atoms with E-state index in [1.54, 1.807) is 13.1 Å². The second-order valence-corrected chi connectivity index (χ2v) is 201. The summed E-state index contributed by atoms with van der Waals surface area (Å²) in [6.07, 6.45) is 0. The maximum absolute atomic E-state index is 12.9. The Hall–Kier alpha value is 5.62. The zero-order valence-electron chi connectivity index (χ0n) is 43.9. The third-order valence-corrected chi connectivity index (χ3v) is 342. The topological polar surface area (TPSA) is 514 Å². The first kappa shape index (κ1) is 80.6. The van der Waals surface area contributed by atoms with E-state index in [9.17, 15) is 91.1 Å². The van der Waals surface area contributed by atoms with Gasteiger partial charge in [0.05, 0.1) is 9.76 Å². The van der Waals surface area contributed by atoms with Crippen LogP contribution in [0.15, 0.2) is 0 Å². The lowest BCUT2D eigenvalue weighted by Gasteiger charge is -2.70. The van der Waals surface area contributed by atoms with Gasteiger partial charge in [0.1, 0.15) is 0 Å². The molecule has 65 heteroatoms. The maximum Gasteiger partial charge on any atom is 0.499 e. The van der Waals surface area contributed by atoms with Gasteiger partial charge in [-0.3, -0.25) is 0 Å². The van der Waals surface area contributed by atoms with E-state index in [2.05, 4.69) is 0 Å². The molecule has 0 aromatic carbocycles. The number of hydrogen-bond donors (Lipinski definition) is 19. The minimum Gasteiger partial charge on any atom is -0.441 e. The monoisotopic (exact) mass is 1630 g/mol. The van der Waals surface area contributed by atoms with Gasteiger partial charge in [0.2, 0.25) is 72.4 Å². The van der Waals surface area contributed by atoms with Crippen molar-refractivity contribution in [2.24, 2.45) is 0 Å². The summed E-state index contributed by atoms with van der Waals surface area (Å²) in [5, 5.41) is 0. The van der Waals surface area contributed by atoms with E-state index in [0.29, 0.717) is 0 Å². The smallest absolute Gasteiger partial charge is 0.441 e. The van der Waals surface area contributed by atoms with Gasteiger partial charge in [-0.25, -0.2) is 0 Å². The molecule has 0 amide bonds. The Morgan fingerprint density at radius 1 is 0.360 bits per heavy atom. The van der Waals surface area contributed by atoms with Gasteiger partial charge < -0.3 is 150 Å². The summed E-state index contributed by atoms with van der Waals surface area (Å²) in [4.78, 5) is 230. The first-order chi connectivity index (χ1) is 35.1. The third-order valence-electron chi connectivity index (χ3n) is 13.3. The van der Waals surface area contributed by atoms with Crippen LogP contribution in [0, 0.1) is 0 Å². The van der Waals surface area contributed by atoms with Crippen molar-refractivity contribution in [3.05, 3.63) is 0 Å². The molecule has 0 aliphatic rings. The predicted octanol–water partition coefficient (Wildman–Crippen LogP) is -30.2. The summed E-state index contributed by atoms with van der Waals surface area (Å²) in [5.41, 5.74) is 0. The van der Waals surface area contributed by atoms with Crippen LogP contribution in [0.3, 0.4) is 0 Å². The lowest BCUT2D eigenvalue weighted by Crippen LogP contribution is -3.13. The van der Waals surface area contributed by atoms with Crippen LogP contribution in [-0.2, 0) is 58.9 Å². The Morgan fingerprint density at radius 3 is 0.933 bits per heavy atom. The van der Waals surface area contributed by atoms with E-state index in [1.165, 1.54) is 34.4 Å². The van der Waals surface area contributed by atoms with Crippen molar-refractivity contribution in [3.63, 3.8) is 0 Å². The normalized spacial score (nSPS) is 24.2. The Labute approximate surface area is 489 Å². The molecule has 452 valence electrons. The highest BCUT2D eigenvalue weighted by Gasteiger charge is 2.98. The molecule has 0 saturated carbocycles. The zero-order chi connectivity index (χ0) is 58.5. The maximum atomic E-state index is 12.9. The summed E-state index contributed by atoms with van der Waals surface area (Å²) < 4.78 is 94.5. The van der Waals surface area contributed by atoms with E-state index in [4.69, 9.17) is 58.9 Å². The lowest BCUT2D eigenvalue weighted by atomic mass is 10.9. The second-order valence-electron chi connectivity index (χ2n) is 18.0. The molecule has 33 nitrogen and oxygen atoms in total. The third kappa shape index (κ3) is 16.3. The average molecular weight is 1630 g/mol. The summed E-state index contributed by atoms with van der Waals surface area (Å²) in [5.74, 6) is 0. The molecule has 0 bridgehead atoms. The molecule has 0 aromatic heterocycles.